The molecule has 0 N–H and O–H groups in total. The van der Waals surface area contributed by atoms with Gasteiger partial charge in [-0.25, -0.2) is 4.79 Å². The Balaban J connectivity index is 3.78. The number of carbonyl (C=O) groups is 2. The molecule has 0 radical (unpaired) electrons. The summed E-state index contributed by atoms with van der Waals surface area (Å²) in [7, 11) is 0. The second-order valence-corrected chi connectivity index (χ2v) is 1.59. The zero-order valence-electron chi connectivity index (χ0n) is 6.12. The van der Waals surface area contributed by atoms with Crippen molar-refractivity contribution in [1.82, 2.24) is 0 Å². The fourth-order valence-corrected chi connectivity index (χ4v) is 0.335. The molecule has 0 aromatic rings. The van der Waals surface area contributed by atoms with Crippen LogP contribution in [0.25, 0.3) is 0 Å². The van der Waals surface area contributed by atoms with E-state index in [1.54, 1.807) is 0 Å². The molecule has 0 bridgehead atoms. The van der Waals surface area contributed by atoms with E-state index < -0.39 is 11.9 Å². The summed E-state index contributed by atoms with van der Waals surface area (Å²) in [5, 5.41) is 0. The average Bonchev–Trinajstić information content (AvgIpc) is 1.85. The summed E-state index contributed by atoms with van der Waals surface area (Å²) in [5.41, 5.74) is 0. The minimum absolute atomic E-state index is 0.345. The third-order valence-corrected chi connectivity index (χ3v) is 0.639. The van der Waals surface area contributed by atoms with Gasteiger partial charge in [0.05, 0.1) is 0 Å². The molecular weight excluding hydrogens is 148 g/mol. The molecule has 0 fully saturated rings. The summed E-state index contributed by atoms with van der Waals surface area (Å²) in [6.45, 7) is 7.46. The molecule has 0 rings (SSSR count). The van der Waals surface area contributed by atoms with Crippen molar-refractivity contribution in [2.45, 2.75) is 6.92 Å². The van der Waals surface area contributed by atoms with Crippen molar-refractivity contribution in [3.05, 3.63) is 25.2 Å². The number of esters is 2. The third kappa shape index (κ3) is 4.90. The van der Waals surface area contributed by atoms with Crippen molar-refractivity contribution in [1.29, 1.82) is 0 Å². The lowest BCUT2D eigenvalue weighted by Gasteiger charge is -2.02. The topological polar surface area (TPSA) is 52.6 Å². The van der Waals surface area contributed by atoms with Crippen molar-refractivity contribution < 1.29 is 19.1 Å². The summed E-state index contributed by atoms with van der Waals surface area (Å²) in [6, 6.07) is 0. The number of hydrogen-bond acceptors (Lipinski definition) is 4. The predicted octanol–water partition coefficient (Wildman–Crippen LogP) is 0.750. The van der Waals surface area contributed by atoms with Crippen molar-refractivity contribution in [2.24, 2.45) is 0 Å². The van der Waals surface area contributed by atoms with E-state index in [0.29, 0.717) is 0 Å². The first-order valence-electron chi connectivity index (χ1n) is 2.78. The highest BCUT2D eigenvalue weighted by Crippen LogP contribution is 1.96. The van der Waals surface area contributed by atoms with E-state index in [1.807, 2.05) is 0 Å². The molecule has 0 heterocycles. The minimum Gasteiger partial charge on any atom is -0.393 e. The van der Waals surface area contributed by atoms with Crippen molar-refractivity contribution in [3.63, 3.8) is 0 Å². The molecule has 0 aliphatic carbocycles. The predicted molar refractivity (Wildman–Crippen MR) is 37.2 cm³/mol. The number of ether oxygens (including phenoxy) is 2. The molecule has 0 unspecified atom stereocenters. The van der Waals surface area contributed by atoms with E-state index in [9.17, 15) is 9.59 Å². The van der Waals surface area contributed by atoms with Gasteiger partial charge in [0.2, 0.25) is 0 Å². The van der Waals surface area contributed by atoms with Crippen LogP contribution in [-0.2, 0) is 19.1 Å². The highest BCUT2D eigenvalue weighted by atomic mass is 16.7. The summed E-state index contributed by atoms with van der Waals surface area (Å²) in [6.07, 6.45) is 0.939. The first-order valence-corrected chi connectivity index (χ1v) is 2.78. The summed E-state index contributed by atoms with van der Waals surface area (Å²) < 4.78 is 8.61. The molecule has 11 heavy (non-hydrogen) atoms. The van der Waals surface area contributed by atoms with Crippen molar-refractivity contribution in [2.75, 3.05) is 0 Å². The van der Waals surface area contributed by atoms with E-state index in [2.05, 4.69) is 22.6 Å². The molecule has 0 saturated heterocycles. The van der Waals surface area contributed by atoms with E-state index in [1.165, 1.54) is 6.92 Å². The lowest BCUT2D eigenvalue weighted by molar-refractivity contribution is -0.149. The van der Waals surface area contributed by atoms with Crippen LogP contribution in [0, 0.1) is 0 Å². The Hall–Kier alpha value is -1.58. The van der Waals surface area contributed by atoms with Crippen LogP contribution in [0.5, 0.6) is 0 Å². The third-order valence-electron chi connectivity index (χ3n) is 0.639. The van der Waals surface area contributed by atoms with E-state index in [0.717, 1.165) is 6.08 Å². The maximum atomic E-state index is 10.4. The van der Waals surface area contributed by atoms with Gasteiger partial charge >= 0.3 is 11.9 Å². The maximum Gasteiger partial charge on any atom is 0.337 e. The van der Waals surface area contributed by atoms with Gasteiger partial charge in [-0.1, -0.05) is 6.58 Å². The van der Waals surface area contributed by atoms with Gasteiger partial charge in [-0.3, -0.25) is 4.79 Å². The van der Waals surface area contributed by atoms with Gasteiger partial charge < -0.3 is 9.47 Å². The van der Waals surface area contributed by atoms with Crippen LogP contribution in [-0.4, -0.2) is 11.9 Å². The van der Waals surface area contributed by atoms with Crippen molar-refractivity contribution >= 4 is 11.9 Å². The van der Waals surface area contributed by atoms with Gasteiger partial charge in [-0.05, 0) is 6.58 Å². The molecule has 0 saturated carbocycles. The summed E-state index contributed by atoms with van der Waals surface area (Å²) >= 11 is 0. The Morgan fingerprint density at radius 1 is 1.36 bits per heavy atom. The normalized spacial score (nSPS) is 8.09. The van der Waals surface area contributed by atoms with Crippen LogP contribution in [0.1, 0.15) is 6.92 Å². The molecule has 4 nitrogen and oxygen atoms in total. The zero-order chi connectivity index (χ0) is 8.85. The van der Waals surface area contributed by atoms with Gasteiger partial charge in [0, 0.05) is 13.0 Å². The molecule has 0 aromatic heterocycles. The van der Waals surface area contributed by atoms with E-state index >= 15 is 0 Å². The van der Waals surface area contributed by atoms with Crippen LogP contribution >= 0.6 is 0 Å². The lowest BCUT2D eigenvalue weighted by Crippen LogP contribution is -2.05. The van der Waals surface area contributed by atoms with E-state index in [-0.39, 0.29) is 5.95 Å². The van der Waals surface area contributed by atoms with Gasteiger partial charge in [0.15, 0.2) is 0 Å². The van der Waals surface area contributed by atoms with Crippen LogP contribution in [0.15, 0.2) is 25.2 Å². The second-order valence-electron chi connectivity index (χ2n) is 1.59. The number of hydrogen-bond donors (Lipinski definition) is 0. The van der Waals surface area contributed by atoms with E-state index in [4.69, 9.17) is 0 Å². The SMILES string of the molecule is C=CC(=O)OC(=C)OC(C)=O. The van der Waals surface area contributed by atoms with Crippen LogP contribution in [0.4, 0.5) is 0 Å². The van der Waals surface area contributed by atoms with Crippen LogP contribution in [0.3, 0.4) is 0 Å². The maximum absolute atomic E-state index is 10.4. The Labute approximate surface area is 64.1 Å². The lowest BCUT2D eigenvalue weighted by atomic mass is 10.7. The fraction of sp³-hybridized carbons (Fsp3) is 0.143. The molecule has 0 atom stereocenters. The molecule has 4 heteroatoms. The van der Waals surface area contributed by atoms with Gasteiger partial charge in [0.1, 0.15) is 0 Å². The van der Waals surface area contributed by atoms with Gasteiger partial charge in [0.25, 0.3) is 5.95 Å². The summed E-state index contributed by atoms with van der Waals surface area (Å²) in [4.78, 5) is 20.6. The fourth-order valence-electron chi connectivity index (χ4n) is 0.335. The Bertz CT molecular complexity index is 204. The molecule has 60 valence electrons. The van der Waals surface area contributed by atoms with Crippen LogP contribution in [0.2, 0.25) is 0 Å². The number of rotatable bonds is 3. The quantitative estimate of drug-likeness (QED) is 0.343. The Kier molecular flexibility index (Phi) is 3.66. The average molecular weight is 156 g/mol. The highest BCUT2D eigenvalue weighted by Gasteiger charge is 2.03. The van der Waals surface area contributed by atoms with Gasteiger partial charge in [-0.15, -0.1) is 0 Å². The smallest absolute Gasteiger partial charge is 0.337 e. The van der Waals surface area contributed by atoms with Crippen LogP contribution < -0.4 is 0 Å². The highest BCUT2D eigenvalue weighted by molar-refractivity contribution is 5.82. The molecule has 0 aromatic carbocycles. The monoisotopic (exact) mass is 156 g/mol. The number of carbonyl (C=O) groups excluding carboxylic acids is 2. The molecular formula is C7H8O4. The zero-order valence-corrected chi connectivity index (χ0v) is 6.12. The Morgan fingerprint density at radius 3 is 2.27 bits per heavy atom. The largest absolute Gasteiger partial charge is 0.393 e. The molecule has 0 amide bonds. The Morgan fingerprint density at radius 2 is 1.91 bits per heavy atom. The standard InChI is InChI=1S/C7H8O4/c1-4-7(9)11-6(3)10-5(2)8/h4H,1,3H2,2H3. The summed E-state index contributed by atoms with van der Waals surface area (Å²) in [5.74, 6) is -1.65. The molecule has 0 aliphatic rings. The first-order chi connectivity index (χ1) is 5.06. The minimum atomic E-state index is -0.712. The second kappa shape index (κ2) is 4.27. The molecule has 0 spiro atoms. The van der Waals surface area contributed by atoms with Crippen molar-refractivity contribution in [3.8, 4) is 0 Å². The molecule has 0 aliphatic heterocycles. The first kappa shape index (κ1) is 9.42. The van der Waals surface area contributed by atoms with Gasteiger partial charge in [-0.2, -0.15) is 0 Å².